The molecule has 0 saturated heterocycles. The number of rotatable bonds is 8. The highest BCUT2D eigenvalue weighted by molar-refractivity contribution is 8.00. The van der Waals surface area contributed by atoms with Crippen molar-refractivity contribution in [1.29, 1.82) is 0 Å². The quantitative estimate of drug-likeness (QED) is 0.739. The molecule has 0 spiro atoms. The number of benzene rings is 1. The summed E-state index contributed by atoms with van der Waals surface area (Å²) in [5, 5.41) is 2.45. The summed E-state index contributed by atoms with van der Waals surface area (Å²) in [6, 6.07) is 7.42. The molecule has 130 valence electrons. The van der Waals surface area contributed by atoms with Gasteiger partial charge in [-0.25, -0.2) is 4.98 Å². The maximum Gasteiger partial charge on any atom is 0.319 e. The Kier molecular flexibility index (Phi) is 6.60. The number of methoxy groups -OCH3 is 1. The summed E-state index contributed by atoms with van der Waals surface area (Å²) in [7, 11) is 1.59. The molecule has 0 radical (unpaired) electrons. The minimum atomic E-state index is -2.62. The molecule has 1 aromatic heterocycles. The van der Waals surface area contributed by atoms with E-state index in [1.165, 1.54) is 24.2 Å². The fourth-order valence-electron chi connectivity index (χ4n) is 2.07. The summed E-state index contributed by atoms with van der Waals surface area (Å²) >= 11 is 1.42. The Hall–Kier alpha value is -2.09. The second-order valence-electron chi connectivity index (χ2n) is 5.01. The molecule has 1 atom stereocenters. The van der Waals surface area contributed by atoms with Crippen molar-refractivity contribution < 1.29 is 18.3 Å². The Balaban J connectivity index is 1.79. The molecule has 1 unspecified atom stereocenters. The smallest absolute Gasteiger partial charge is 0.319 e. The van der Waals surface area contributed by atoms with E-state index in [0.717, 1.165) is 15.2 Å². The van der Waals surface area contributed by atoms with Crippen LogP contribution in [0.15, 0.2) is 41.6 Å². The molecule has 1 heterocycles. The monoisotopic (exact) mass is 355 g/mol. The predicted octanol–water partition coefficient (Wildman–Crippen LogP) is 3.13. The van der Waals surface area contributed by atoms with Crippen LogP contribution in [0.1, 0.15) is 19.3 Å². The third-order valence-corrected chi connectivity index (χ3v) is 4.46. The zero-order chi connectivity index (χ0) is 17.5. The molecule has 0 aliphatic rings. The number of hydrogen-bond acceptors (Lipinski definition) is 4. The largest absolute Gasteiger partial charge is 0.497 e. The van der Waals surface area contributed by atoms with Gasteiger partial charge in [0, 0.05) is 30.3 Å². The van der Waals surface area contributed by atoms with E-state index >= 15 is 0 Å². The number of carbonyl (C=O) groups excluding carboxylic acids is 1. The Morgan fingerprint density at radius 3 is 2.71 bits per heavy atom. The number of carbonyl (C=O) groups is 1. The molecule has 2 rings (SSSR count). The van der Waals surface area contributed by atoms with Crippen LogP contribution in [0.25, 0.3) is 0 Å². The number of nitrogens with one attached hydrogen (secondary N) is 1. The van der Waals surface area contributed by atoms with Crippen LogP contribution < -0.4 is 10.1 Å². The zero-order valence-corrected chi connectivity index (χ0v) is 14.2. The zero-order valence-electron chi connectivity index (χ0n) is 13.4. The Labute approximate surface area is 143 Å². The molecule has 8 heteroatoms. The standard InChI is InChI=1S/C16H19F2N3O2S/c1-11(24-13-5-3-12(23-2)4-6-13)15(22)20-8-7-14-19-9-10-21(14)16(17)18/h3-6,9-11,16H,7-8H2,1-2H3,(H,20,22). The van der Waals surface area contributed by atoms with Crippen LogP contribution in [0, 0.1) is 0 Å². The molecule has 1 N–H and O–H groups in total. The van der Waals surface area contributed by atoms with Crippen molar-refractivity contribution in [2.75, 3.05) is 13.7 Å². The third kappa shape index (κ3) is 4.95. The van der Waals surface area contributed by atoms with E-state index in [-0.39, 0.29) is 29.9 Å². The summed E-state index contributed by atoms with van der Waals surface area (Å²) in [5.41, 5.74) is 0. The highest BCUT2D eigenvalue weighted by Gasteiger charge is 2.15. The molecule has 0 aliphatic carbocycles. The van der Waals surface area contributed by atoms with Crippen LogP contribution in [-0.2, 0) is 11.2 Å². The van der Waals surface area contributed by atoms with E-state index in [9.17, 15) is 13.6 Å². The van der Waals surface area contributed by atoms with E-state index in [0.29, 0.717) is 0 Å². The molecule has 24 heavy (non-hydrogen) atoms. The third-order valence-electron chi connectivity index (χ3n) is 3.35. The van der Waals surface area contributed by atoms with Crippen LogP contribution in [0.5, 0.6) is 5.75 Å². The number of nitrogens with zero attached hydrogens (tertiary/aromatic N) is 2. The number of ether oxygens (including phenoxy) is 1. The first kappa shape index (κ1) is 18.3. The number of alkyl halides is 2. The van der Waals surface area contributed by atoms with Crippen molar-refractivity contribution in [2.24, 2.45) is 0 Å². The van der Waals surface area contributed by atoms with Crippen LogP contribution in [-0.4, -0.2) is 34.4 Å². The van der Waals surface area contributed by atoms with Gasteiger partial charge in [0.2, 0.25) is 5.91 Å². The van der Waals surface area contributed by atoms with Crippen molar-refractivity contribution >= 4 is 17.7 Å². The van der Waals surface area contributed by atoms with Crippen molar-refractivity contribution in [3.8, 4) is 5.75 Å². The summed E-state index contributed by atoms with van der Waals surface area (Å²) in [5.74, 6) is 0.859. The first-order valence-electron chi connectivity index (χ1n) is 7.39. The van der Waals surface area contributed by atoms with Crippen molar-refractivity contribution in [3.05, 3.63) is 42.5 Å². The average Bonchev–Trinajstić information content (AvgIpc) is 3.04. The lowest BCUT2D eigenvalue weighted by molar-refractivity contribution is -0.120. The molecule has 0 bridgehead atoms. The van der Waals surface area contributed by atoms with Crippen molar-refractivity contribution in [1.82, 2.24) is 14.9 Å². The first-order valence-corrected chi connectivity index (χ1v) is 8.27. The van der Waals surface area contributed by atoms with Crippen LogP contribution in [0.2, 0.25) is 0 Å². The summed E-state index contributed by atoms with van der Waals surface area (Å²) in [6.07, 6.45) is 2.80. The number of aromatic nitrogens is 2. The molecule has 5 nitrogen and oxygen atoms in total. The molecule has 2 aromatic rings. The van der Waals surface area contributed by atoms with E-state index < -0.39 is 6.55 Å². The van der Waals surface area contributed by atoms with Crippen LogP contribution >= 0.6 is 11.8 Å². The van der Waals surface area contributed by atoms with Crippen molar-refractivity contribution in [2.45, 2.75) is 30.0 Å². The van der Waals surface area contributed by atoms with E-state index in [2.05, 4.69) is 10.3 Å². The van der Waals surface area contributed by atoms with E-state index in [4.69, 9.17) is 4.74 Å². The van der Waals surface area contributed by atoms with Gasteiger partial charge in [0.1, 0.15) is 11.6 Å². The highest BCUT2D eigenvalue weighted by Crippen LogP contribution is 2.25. The number of hydrogen-bond donors (Lipinski definition) is 1. The lowest BCUT2D eigenvalue weighted by Gasteiger charge is -2.12. The second-order valence-corrected chi connectivity index (χ2v) is 6.42. The summed E-state index contributed by atoms with van der Waals surface area (Å²) < 4.78 is 31.3. The minimum Gasteiger partial charge on any atom is -0.497 e. The van der Waals surface area contributed by atoms with Crippen LogP contribution in [0.4, 0.5) is 8.78 Å². The minimum absolute atomic E-state index is 0.147. The Morgan fingerprint density at radius 1 is 1.38 bits per heavy atom. The molecule has 0 fully saturated rings. The van der Waals surface area contributed by atoms with Gasteiger partial charge in [-0.15, -0.1) is 11.8 Å². The van der Waals surface area contributed by atoms with Gasteiger partial charge in [0.15, 0.2) is 0 Å². The molecule has 1 amide bonds. The molecule has 0 saturated carbocycles. The van der Waals surface area contributed by atoms with Gasteiger partial charge in [-0.3, -0.25) is 9.36 Å². The van der Waals surface area contributed by atoms with Gasteiger partial charge < -0.3 is 10.1 Å². The van der Waals surface area contributed by atoms with Gasteiger partial charge in [-0.05, 0) is 31.2 Å². The molecular formula is C16H19F2N3O2S. The summed E-state index contributed by atoms with van der Waals surface area (Å²) in [6.45, 7) is -0.566. The van der Waals surface area contributed by atoms with Gasteiger partial charge in [-0.2, -0.15) is 8.78 Å². The SMILES string of the molecule is COc1ccc(SC(C)C(=O)NCCc2nccn2C(F)F)cc1. The van der Waals surface area contributed by atoms with Crippen molar-refractivity contribution in [3.63, 3.8) is 0 Å². The van der Waals surface area contributed by atoms with Gasteiger partial charge in [0.05, 0.1) is 12.4 Å². The van der Waals surface area contributed by atoms with Gasteiger partial charge in [-0.1, -0.05) is 0 Å². The first-order chi connectivity index (χ1) is 11.5. The van der Waals surface area contributed by atoms with Crippen LogP contribution in [0.3, 0.4) is 0 Å². The molecule has 0 aliphatic heterocycles. The normalized spacial score (nSPS) is 12.2. The number of halogens is 2. The Morgan fingerprint density at radius 2 is 2.08 bits per heavy atom. The second kappa shape index (κ2) is 8.68. The maximum atomic E-state index is 12.7. The fourth-order valence-corrected chi connectivity index (χ4v) is 2.96. The predicted molar refractivity (Wildman–Crippen MR) is 88.5 cm³/mol. The van der Waals surface area contributed by atoms with E-state index in [1.807, 2.05) is 24.3 Å². The number of thioether (sulfide) groups is 1. The lowest BCUT2D eigenvalue weighted by atomic mass is 10.3. The maximum absolute atomic E-state index is 12.7. The number of amides is 1. The summed E-state index contributed by atoms with van der Waals surface area (Å²) in [4.78, 5) is 16.9. The highest BCUT2D eigenvalue weighted by atomic mass is 32.2. The topological polar surface area (TPSA) is 56.1 Å². The number of imidazole rings is 1. The Bertz CT molecular complexity index is 662. The average molecular weight is 355 g/mol. The molecular weight excluding hydrogens is 336 g/mol. The van der Waals surface area contributed by atoms with E-state index in [1.54, 1.807) is 14.0 Å². The lowest BCUT2D eigenvalue weighted by Crippen LogP contribution is -2.32. The van der Waals surface area contributed by atoms with Gasteiger partial charge >= 0.3 is 6.55 Å². The van der Waals surface area contributed by atoms with Gasteiger partial charge in [0.25, 0.3) is 0 Å². The molecule has 1 aromatic carbocycles. The fraction of sp³-hybridized carbons (Fsp3) is 0.375.